The molecule has 0 saturated heterocycles. The van der Waals surface area contributed by atoms with Gasteiger partial charge in [0, 0.05) is 13.6 Å². The average molecular weight is 301 g/mol. The Labute approximate surface area is 116 Å². The molecule has 0 aliphatic carbocycles. The zero-order chi connectivity index (χ0) is 15.3. The van der Waals surface area contributed by atoms with Gasteiger partial charge < -0.3 is 9.84 Å². The smallest absolute Gasteiger partial charge is 0.335 e. The maximum Gasteiger partial charge on any atom is 0.335 e. The molecular weight excluding hydrogens is 286 g/mol. The Morgan fingerprint density at radius 1 is 1.25 bits per heavy atom. The Morgan fingerprint density at radius 2 is 1.80 bits per heavy atom. The minimum atomic E-state index is -3.75. The van der Waals surface area contributed by atoms with Gasteiger partial charge in [0.25, 0.3) is 0 Å². The molecule has 8 heteroatoms. The molecule has 1 rings (SSSR count). The van der Waals surface area contributed by atoms with Gasteiger partial charge in [0.2, 0.25) is 10.0 Å². The maximum atomic E-state index is 12.1. The standard InChI is InChI=1S/C12H15NO6S/c1-13(8-7-11(14)19-2)20(17,18)10-5-3-9(4-6-10)12(15)16/h3-6H,7-8H2,1-2H3,(H,15,16). The second-order valence-electron chi connectivity index (χ2n) is 3.98. The molecule has 0 unspecified atom stereocenters. The summed E-state index contributed by atoms with van der Waals surface area (Å²) in [6, 6.07) is 4.85. The van der Waals surface area contributed by atoms with Crippen LogP contribution in [0.1, 0.15) is 16.8 Å². The molecule has 0 spiro atoms. The Morgan fingerprint density at radius 3 is 2.25 bits per heavy atom. The lowest BCUT2D eigenvalue weighted by molar-refractivity contribution is -0.140. The first-order chi connectivity index (χ1) is 9.28. The molecule has 0 radical (unpaired) electrons. The Bertz CT molecular complexity index is 593. The predicted octanol–water partition coefficient (Wildman–Crippen LogP) is 0.568. The van der Waals surface area contributed by atoms with E-state index in [0.29, 0.717) is 0 Å². The van der Waals surface area contributed by atoms with Crippen molar-refractivity contribution in [3.8, 4) is 0 Å². The molecule has 0 amide bonds. The Kier molecular flexibility index (Phi) is 5.23. The summed E-state index contributed by atoms with van der Waals surface area (Å²) >= 11 is 0. The number of ether oxygens (including phenoxy) is 1. The molecule has 1 aromatic rings. The highest BCUT2D eigenvalue weighted by Crippen LogP contribution is 2.15. The molecular formula is C12H15NO6S. The van der Waals surface area contributed by atoms with Gasteiger partial charge in [0.05, 0.1) is 24.0 Å². The summed E-state index contributed by atoms with van der Waals surface area (Å²) in [5.74, 6) is -1.64. The summed E-state index contributed by atoms with van der Waals surface area (Å²) < 4.78 is 29.7. The molecule has 0 atom stereocenters. The molecule has 0 aromatic heterocycles. The van der Waals surface area contributed by atoms with Gasteiger partial charge in [-0.3, -0.25) is 4.79 Å². The zero-order valence-electron chi connectivity index (χ0n) is 11.1. The SMILES string of the molecule is COC(=O)CCN(C)S(=O)(=O)c1ccc(C(=O)O)cc1. The fraction of sp³-hybridized carbons (Fsp3) is 0.333. The first kappa shape index (κ1) is 16.1. The molecule has 1 aromatic carbocycles. The van der Waals surface area contributed by atoms with E-state index in [4.69, 9.17) is 5.11 Å². The van der Waals surface area contributed by atoms with Crippen LogP contribution in [0.15, 0.2) is 29.2 Å². The highest BCUT2D eigenvalue weighted by atomic mass is 32.2. The molecule has 0 aliphatic heterocycles. The highest BCUT2D eigenvalue weighted by molar-refractivity contribution is 7.89. The summed E-state index contributed by atoms with van der Waals surface area (Å²) in [5, 5.41) is 8.75. The van der Waals surface area contributed by atoms with Crippen LogP contribution in [-0.4, -0.2) is 50.5 Å². The number of nitrogens with zero attached hydrogens (tertiary/aromatic N) is 1. The van der Waals surface area contributed by atoms with Crippen LogP contribution in [0, 0.1) is 0 Å². The number of esters is 1. The van der Waals surface area contributed by atoms with Crippen LogP contribution in [0.25, 0.3) is 0 Å². The number of sulfonamides is 1. The number of carboxylic acids is 1. The second kappa shape index (κ2) is 6.49. The van der Waals surface area contributed by atoms with Gasteiger partial charge >= 0.3 is 11.9 Å². The van der Waals surface area contributed by atoms with E-state index in [1.54, 1.807) is 0 Å². The number of carbonyl (C=O) groups excluding carboxylic acids is 1. The molecule has 20 heavy (non-hydrogen) atoms. The van der Waals surface area contributed by atoms with Crippen LogP contribution in [0.5, 0.6) is 0 Å². The van der Waals surface area contributed by atoms with E-state index in [1.807, 2.05) is 0 Å². The van der Waals surface area contributed by atoms with E-state index in [9.17, 15) is 18.0 Å². The molecule has 0 saturated carbocycles. The fourth-order valence-electron chi connectivity index (χ4n) is 1.42. The van der Waals surface area contributed by atoms with Crippen molar-refractivity contribution in [3.05, 3.63) is 29.8 Å². The van der Waals surface area contributed by atoms with Crippen molar-refractivity contribution in [3.63, 3.8) is 0 Å². The molecule has 110 valence electrons. The zero-order valence-corrected chi connectivity index (χ0v) is 11.9. The van der Waals surface area contributed by atoms with E-state index >= 15 is 0 Å². The van der Waals surface area contributed by atoms with Crippen molar-refractivity contribution in [1.82, 2.24) is 4.31 Å². The topological polar surface area (TPSA) is 101 Å². The molecule has 1 N–H and O–H groups in total. The van der Waals surface area contributed by atoms with Gasteiger partial charge in [-0.05, 0) is 24.3 Å². The van der Waals surface area contributed by atoms with Crippen molar-refractivity contribution in [2.24, 2.45) is 0 Å². The largest absolute Gasteiger partial charge is 0.478 e. The fourth-order valence-corrected chi connectivity index (χ4v) is 2.59. The van der Waals surface area contributed by atoms with Crippen LogP contribution >= 0.6 is 0 Å². The third-order valence-corrected chi connectivity index (χ3v) is 4.54. The van der Waals surface area contributed by atoms with Gasteiger partial charge in [-0.25, -0.2) is 17.5 Å². The van der Waals surface area contributed by atoms with Gasteiger partial charge in [-0.2, -0.15) is 0 Å². The first-order valence-corrected chi connectivity index (χ1v) is 7.09. The summed E-state index contributed by atoms with van der Waals surface area (Å²) in [4.78, 5) is 21.7. The van der Waals surface area contributed by atoms with Crippen molar-refractivity contribution in [1.29, 1.82) is 0 Å². The van der Waals surface area contributed by atoms with Crippen LogP contribution in [0.4, 0.5) is 0 Å². The quantitative estimate of drug-likeness (QED) is 0.771. The van der Waals surface area contributed by atoms with Crippen LogP contribution in [-0.2, 0) is 19.6 Å². The van der Waals surface area contributed by atoms with Gasteiger partial charge in [-0.15, -0.1) is 0 Å². The number of hydrogen-bond donors (Lipinski definition) is 1. The minimum Gasteiger partial charge on any atom is -0.478 e. The van der Waals surface area contributed by atoms with Crippen LogP contribution < -0.4 is 0 Å². The van der Waals surface area contributed by atoms with E-state index in [0.717, 1.165) is 4.31 Å². The number of benzene rings is 1. The number of carbonyl (C=O) groups is 2. The summed E-state index contributed by atoms with van der Waals surface area (Å²) in [5.41, 5.74) is 0.00108. The van der Waals surface area contributed by atoms with Crippen molar-refractivity contribution < 1.29 is 27.9 Å². The third kappa shape index (κ3) is 3.78. The van der Waals surface area contributed by atoms with E-state index in [-0.39, 0.29) is 23.4 Å². The monoisotopic (exact) mass is 301 g/mol. The lowest BCUT2D eigenvalue weighted by Crippen LogP contribution is -2.29. The highest BCUT2D eigenvalue weighted by Gasteiger charge is 2.21. The van der Waals surface area contributed by atoms with Gasteiger partial charge in [0.1, 0.15) is 0 Å². The minimum absolute atomic E-state index is 0.00108. The van der Waals surface area contributed by atoms with Crippen molar-refractivity contribution >= 4 is 22.0 Å². The van der Waals surface area contributed by atoms with Gasteiger partial charge in [0.15, 0.2) is 0 Å². The van der Waals surface area contributed by atoms with Gasteiger partial charge in [-0.1, -0.05) is 0 Å². The molecule has 7 nitrogen and oxygen atoms in total. The molecule has 0 heterocycles. The number of carboxylic acid groups (broad SMARTS) is 1. The Balaban J connectivity index is 2.87. The second-order valence-corrected chi connectivity index (χ2v) is 6.03. The lowest BCUT2D eigenvalue weighted by atomic mass is 10.2. The van der Waals surface area contributed by atoms with Crippen molar-refractivity contribution in [2.45, 2.75) is 11.3 Å². The number of aromatic carboxylic acids is 1. The Hall–Kier alpha value is -1.93. The maximum absolute atomic E-state index is 12.1. The average Bonchev–Trinajstić information content (AvgIpc) is 2.44. The number of rotatable bonds is 6. The van der Waals surface area contributed by atoms with E-state index in [2.05, 4.69) is 4.74 Å². The molecule has 0 aliphatic rings. The van der Waals surface area contributed by atoms with E-state index < -0.39 is 22.0 Å². The lowest BCUT2D eigenvalue weighted by Gasteiger charge is -2.16. The number of methoxy groups -OCH3 is 1. The normalized spacial score (nSPS) is 11.3. The number of hydrogen-bond acceptors (Lipinski definition) is 5. The molecule has 0 bridgehead atoms. The first-order valence-electron chi connectivity index (χ1n) is 5.65. The molecule has 0 fully saturated rings. The summed E-state index contributed by atoms with van der Waals surface area (Å²) in [6.07, 6.45) is -0.0561. The summed E-state index contributed by atoms with van der Waals surface area (Å²) in [6.45, 7) is -0.0182. The predicted molar refractivity (Wildman–Crippen MR) is 69.9 cm³/mol. The van der Waals surface area contributed by atoms with Crippen LogP contribution in [0.2, 0.25) is 0 Å². The summed E-state index contributed by atoms with van der Waals surface area (Å²) in [7, 11) is -1.19. The third-order valence-electron chi connectivity index (χ3n) is 2.67. The van der Waals surface area contributed by atoms with E-state index in [1.165, 1.54) is 38.4 Å². The van der Waals surface area contributed by atoms with Crippen LogP contribution in [0.3, 0.4) is 0 Å². The van der Waals surface area contributed by atoms with Crippen molar-refractivity contribution in [2.75, 3.05) is 20.7 Å².